The first kappa shape index (κ1) is 13.9. The van der Waals surface area contributed by atoms with E-state index in [1.807, 2.05) is 30.3 Å². The maximum atomic E-state index is 6.03. The highest BCUT2D eigenvalue weighted by atomic mass is 35.5. The Kier molecular flexibility index (Phi) is 4.30. The second-order valence-corrected chi connectivity index (χ2v) is 6.25. The largest absolute Gasteiger partial charge is 0.306 e. The van der Waals surface area contributed by atoms with Gasteiger partial charge in [-0.15, -0.1) is 0 Å². The third kappa shape index (κ3) is 3.54. The van der Waals surface area contributed by atoms with Gasteiger partial charge in [0.15, 0.2) is 0 Å². The maximum Gasteiger partial charge on any atom is 0.0409 e. The van der Waals surface area contributed by atoms with Crippen molar-refractivity contribution in [3.8, 4) is 0 Å². The van der Waals surface area contributed by atoms with Crippen LogP contribution in [0.15, 0.2) is 48.5 Å². The number of hydrogen-bond acceptors (Lipinski definition) is 1. The molecule has 0 bridgehead atoms. The third-order valence-electron chi connectivity index (χ3n) is 3.74. The molecular formula is C17H17Cl2N. The van der Waals surface area contributed by atoms with Crippen molar-refractivity contribution < 1.29 is 0 Å². The van der Waals surface area contributed by atoms with Crippen LogP contribution in [0.1, 0.15) is 30.0 Å². The van der Waals surface area contributed by atoms with Crippen molar-refractivity contribution in [2.75, 3.05) is 0 Å². The first-order chi connectivity index (χ1) is 9.72. The molecule has 1 aliphatic carbocycles. The van der Waals surface area contributed by atoms with Crippen molar-refractivity contribution in [1.82, 2.24) is 5.32 Å². The molecule has 1 unspecified atom stereocenters. The number of hydrogen-bond donors (Lipinski definition) is 1. The lowest BCUT2D eigenvalue weighted by atomic mass is 10.0. The lowest BCUT2D eigenvalue weighted by Crippen LogP contribution is -2.22. The predicted octanol–water partition coefficient (Wildman–Crippen LogP) is 5.23. The molecule has 2 aromatic carbocycles. The molecule has 1 N–H and O–H groups in total. The van der Waals surface area contributed by atoms with E-state index in [2.05, 4.69) is 23.5 Å². The second kappa shape index (κ2) is 6.17. The molecule has 0 saturated heterocycles. The van der Waals surface area contributed by atoms with Crippen molar-refractivity contribution in [2.45, 2.75) is 25.4 Å². The summed E-state index contributed by atoms with van der Waals surface area (Å²) in [6.45, 7) is 0.838. The van der Waals surface area contributed by atoms with Crippen LogP contribution in [0.3, 0.4) is 0 Å². The lowest BCUT2D eigenvalue weighted by molar-refractivity contribution is 0.480. The zero-order valence-corrected chi connectivity index (χ0v) is 12.7. The predicted molar refractivity (Wildman–Crippen MR) is 85.2 cm³/mol. The zero-order valence-electron chi connectivity index (χ0n) is 11.2. The molecule has 1 atom stereocenters. The van der Waals surface area contributed by atoms with Gasteiger partial charge in [0.05, 0.1) is 0 Å². The van der Waals surface area contributed by atoms with E-state index < -0.39 is 0 Å². The Bertz CT molecular complexity index is 576. The van der Waals surface area contributed by atoms with E-state index in [0.717, 1.165) is 22.5 Å². The Balaban J connectivity index is 1.70. The first-order valence-electron chi connectivity index (χ1n) is 6.95. The van der Waals surface area contributed by atoms with Crippen molar-refractivity contribution in [2.24, 2.45) is 5.92 Å². The van der Waals surface area contributed by atoms with Gasteiger partial charge in [-0.1, -0.05) is 47.5 Å². The molecule has 2 aromatic rings. The fourth-order valence-electron chi connectivity index (χ4n) is 2.53. The van der Waals surface area contributed by atoms with Crippen LogP contribution in [-0.4, -0.2) is 0 Å². The highest BCUT2D eigenvalue weighted by Crippen LogP contribution is 2.41. The van der Waals surface area contributed by atoms with Crippen LogP contribution < -0.4 is 5.32 Å². The summed E-state index contributed by atoms with van der Waals surface area (Å²) >= 11 is 12.0. The van der Waals surface area contributed by atoms with Crippen LogP contribution in [0.25, 0.3) is 0 Å². The van der Waals surface area contributed by atoms with E-state index in [1.54, 1.807) is 0 Å². The molecule has 0 heterocycles. The molecule has 0 spiro atoms. The monoisotopic (exact) mass is 305 g/mol. The zero-order chi connectivity index (χ0) is 13.9. The number of nitrogens with one attached hydrogen (secondary N) is 1. The molecule has 0 aromatic heterocycles. The molecule has 1 fully saturated rings. The van der Waals surface area contributed by atoms with Gasteiger partial charge >= 0.3 is 0 Å². The van der Waals surface area contributed by atoms with E-state index in [1.165, 1.54) is 24.0 Å². The van der Waals surface area contributed by atoms with E-state index in [4.69, 9.17) is 23.2 Å². The Hall–Kier alpha value is -1.02. The summed E-state index contributed by atoms with van der Waals surface area (Å²) in [6, 6.07) is 16.6. The van der Waals surface area contributed by atoms with Gasteiger partial charge in [0.2, 0.25) is 0 Å². The SMILES string of the molecule is Clc1ccc(C(NCc2cccc(Cl)c2)C2CC2)cc1. The average Bonchev–Trinajstić information content (AvgIpc) is 3.26. The Morgan fingerprint density at radius 3 is 2.40 bits per heavy atom. The summed E-state index contributed by atoms with van der Waals surface area (Å²) in [7, 11) is 0. The van der Waals surface area contributed by atoms with Crippen LogP contribution in [0, 0.1) is 5.92 Å². The molecule has 0 aliphatic heterocycles. The summed E-state index contributed by atoms with van der Waals surface area (Å²) in [5.41, 5.74) is 2.54. The Morgan fingerprint density at radius 1 is 1.00 bits per heavy atom. The topological polar surface area (TPSA) is 12.0 Å². The molecule has 3 heteroatoms. The van der Waals surface area contributed by atoms with Crippen LogP contribution in [0.2, 0.25) is 10.0 Å². The highest BCUT2D eigenvalue weighted by Gasteiger charge is 2.31. The minimum absolute atomic E-state index is 0.409. The minimum atomic E-state index is 0.409. The molecule has 0 amide bonds. The van der Waals surface area contributed by atoms with Crippen molar-refractivity contribution in [1.29, 1.82) is 0 Å². The van der Waals surface area contributed by atoms with Crippen LogP contribution in [0.5, 0.6) is 0 Å². The summed E-state index contributed by atoms with van der Waals surface area (Å²) in [5.74, 6) is 0.746. The molecule has 0 radical (unpaired) electrons. The van der Waals surface area contributed by atoms with E-state index in [9.17, 15) is 0 Å². The van der Waals surface area contributed by atoms with E-state index in [0.29, 0.717) is 6.04 Å². The molecule has 3 rings (SSSR count). The summed E-state index contributed by atoms with van der Waals surface area (Å²) in [6.07, 6.45) is 2.60. The first-order valence-corrected chi connectivity index (χ1v) is 7.71. The van der Waals surface area contributed by atoms with Gasteiger partial charge in [0.1, 0.15) is 0 Å². The Morgan fingerprint density at radius 2 is 1.75 bits per heavy atom. The van der Waals surface area contributed by atoms with Crippen molar-refractivity contribution in [3.63, 3.8) is 0 Å². The fraction of sp³-hybridized carbons (Fsp3) is 0.294. The number of rotatable bonds is 5. The van der Waals surface area contributed by atoms with Gasteiger partial charge in [-0.05, 0) is 54.2 Å². The number of halogens is 2. The highest BCUT2D eigenvalue weighted by molar-refractivity contribution is 6.30. The van der Waals surface area contributed by atoms with Gasteiger partial charge < -0.3 is 5.32 Å². The standard InChI is InChI=1S/C17H17Cl2N/c18-15-8-6-14(7-9-15)17(13-4-5-13)20-11-12-2-1-3-16(19)10-12/h1-3,6-10,13,17,20H,4-5,11H2. The van der Waals surface area contributed by atoms with Crippen LogP contribution in [0.4, 0.5) is 0 Å². The molecule has 20 heavy (non-hydrogen) atoms. The van der Waals surface area contributed by atoms with Crippen molar-refractivity contribution in [3.05, 3.63) is 69.7 Å². The molecule has 1 saturated carbocycles. The van der Waals surface area contributed by atoms with Crippen LogP contribution >= 0.6 is 23.2 Å². The summed E-state index contributed by atoms with van der Waals surface area (Å²) in [5, 5.41) is 5.24. The lowest BCUT2D eigenvalue weighted by Gasteiger charge is -2.19. The molecule has 104 valence electrons. The third-order valence-corrected chi connectivity index (χ3v) is 4.22. The average molecular weight is 306 g/mol. The quantitative estimate of drug-likeness (QED) is 0.797. The summed E-state index contributed by atoms with van der Waals surface area (Å²) in [4.78, 5) is 0. The van der Waals surface area contributed by atoms with E-state index >= 15 is 0 Å². The second-order valence-electron chi connectivity index (χ2n) is 5.38. The smallest absolute Gasteiger partial charge is 0.0409 e. The molecule has 1 nitrogen and oxygen atoms in total. The fourth-order valence-corrected chi connectivity index (χ4v) is 2.87. The van der Waals surface area contributed by atoms with Gasteiger partial charge in [0, 0.05) is 22.6 Å². The molecular weight excluding hydrogens is 289 g/mol. The normalized spacial score (nSPS) is 16.1. The van der Waals surface area contributed by atoms with Gasteiger partial charge in [0.25, 0.3) is 0 Å². The minimum Gasteiger partial charge on any atom is -0.306 e. The van der Waals surface area contributed by atoms with Crippen molar-refractivity contribution >= 4 is 23.2 Å². The van der Waals surface area contributed by atoms with Gasteiger partial charge in [-0.3, -0.25) is 0 Å². The number of benzene rings is 2. The van der Waals surface area contributed by atoms with E-state index in [-0.39, 0.29) is 0 Å². The summed E-state index contributed by atoms with van der Waals surface area (Å²) < 4.78 is 0. The molecule has 1 aliphatic rings. The Labute approximate surface area is 129 Å². The van der Waals surface area contributed by atoms with Crippen LogP contribution in [-0.2, 0) is 6.54 Å². The van der Waals surface area contributed by atoms with Gasteiger partial charge in [-0.2, -0.15) is 0 Å². The maximum absolute atomic E-state index is 6.03. The van der Waals surface area contributed by atoms with Gasteiger partial charge in [-0.25, -0.2) is 0 Å².